The van der Waals surface area contributed by atoms with Crippen molar-refractivity contribution in [3.05, 3.63) is 47.6 Å². The Bertz CT molecular complexity index is 831. The molecule has 0 aliphatic heterocycles. The third kappa shape index (κ3) is 2.96. The van der Waals surface area contributed by atoms with Crippen LogP contribution in [0.25, 0.3) is 16.2 Å². The molecule has 124 valence electrons. The van der Waals surface area contributed by atoms with Crippen molar-refractivity contribution in [2.45, 2.75) is 32.1 Å². The minimum atomic E-state index is -0.0599. The summed E-state index contributed by atoms with van der Waals surface area (Å²) < 4.78 is 2.01. The van der Waals surface area contributed by atoms with Gasteiger partial charge in [-0.05, 0) is 18.8 Å². The van der Waals surface area contributed by atoms with Crippen LogP contribution in [0.3, 0.4) is 0 Å². The summed E-state index contributed by atoms with van der Waals surface area (Å²) in [5.74, 6) is 0.557. The number of rotatable bonds is 4. The Kier molecular flexibility index (Phi) is 4.34. The molecule has 1 fully saturated rings. The lowest BCUT2D eigenvalue weighted by Crippen LogP contribution is -2.30. The van der Waals surface area contributed by atoms with E-state index in [1.165, 1.54) is 32.1 Å². The van der Waals surface area contributed by atoms with E-state index in [0.29, 0.717) is 11.6 Å². The summed E-state index contributed by atoms with van der Waals surface area (Å²) in [5.41, 5.74) is 2.43. The average molecular weight is 339 g/mol. The summed E-state index contributed by atoms with van der Waals surface area (Å²) in [5, 5.41) is 5.12. The van der Waals surface area contributed by atoms with Gasteiger partial charge in [-0.15, -0.1) is 11.3 Å². The molecular formula is C19H21N3OS. The van der Waals surface area contributed by atoms with Crippen LogP contribution in [0.15, 0.2) is 41.9 Å². The van der Waals surface area contributed by atoms with Crippen molar-refractivity contribution in [2.24, 2.45) is 5.92 Å². The molecule has 1 aliphatic rings. The fraction of sp³-hybridized carbons (Fsp3) is 0.368. The Morgan fingerprint density at radius 3 is 2.79 bits per heavy atom. The zero-order valence-electron chi connectivity index (χ0n) is 13.6. The lowest BCUT2D eigenvalue weighted by molar-refractivity contribution is 0.0940. The molecule has 0 bridgehead atoms. The van der Waals surface area contributed by atoms with E-state index in [2.05, 4.69) is 10.3 Å². The molecule has 1 amide bonds. The fourth-order valence-electron chi connectivity index (χ4n) is 3.53. The summed E-state index contributed by atoms with van der Waals surface area (Å²) >= 11 is 1.55. The molecule has 2 aromatic heterocycles. The molecule has 0 spiro atoms. The van der Waals surface area contributed by atoms with Gasteiger partial charge in [0, 0.05) is 23.7 Å². The molecular weight excluding hydrogens is 318 g/mol. The number of fused-ring (bicyclic) bond motifs is 1. The van der Waals surface area contributed by atoms with Crippen LogP contribution in [-0.4, -0.2) is 21.8 Å². The van der Waals surface area contributed by atoms with Crippen molar-refractivity contribution in [1.82, 2.24) is 14.7 Å². The van der Waals surface area contributed by atoms with Crippen molar-refractivity contribution < 1.29 is 4.79 Å². The second-order valence-corrected chi connectivity index (χ2v) is 7.32. The Labute approximate surface area is 145 Å². The first-order chi connectivity index (χ1) is 11.8. The number of carbonyl (C=O) groups excluding carboxylic acids is 1. The first-order valence-electron chi connectivity index (χ1n) is 8.62. The van der Waals surface area contributed by atoms with Crippen molar-refractivity contribution in [3.63, 3.8) is 0 Å². The molecule has 2 heterocycles. The van der Waals surface area contributed by atoms with Gasteiger partial charge in [0.25, 0.3) is 5.91 Å². The number of benzene rings is 1. The first-order valence-corrected chi connectivity index (χ1v) is 9.50. The number of amides is 1. The van der Waals surface area contributed by atoms with Crippen molar-refractivity contribution in [1.29, 1.82) is 0 Å². The number of hydrogen-bond donors (Lipinski definition) is 1. The lowest BCUT2D eigenvalue weighted by atomic mass is 9.89. The number of hydrogen-bond acceptors (Lipinski definition) is 3. The van der Waals surface area contributed by atoms with Gasteiger partial charge in [-0.3, -0.25) is 9.20 Å². The normalized spacial score (nSPS) is 15.7. The van der Waals surface area contributed by atoms with E-state index in [9.17, 15) is 4.79 Å². The van der Waals surface area contributed by atoms with Gasteiger partial charge in [-0.25, -0.2) is 4.98 Å². The van der Waals surface area contributed by atoms with Crippen molar-refractivity contribution >= 4 is 22.2 Å². The zero-order chi connectivity index (χ0) is 16.4. The summed E-state index contributed by atoms with van der Waals surface area (Å²) in [6, 6.07) is 10.0. The largest absolute Gasteiger partial charge is 0.350 e. The van der Waals surface area contributed by atoms with Gasteiger partial charge < -0.3 is 5.32 Å². The van der Waals surface area contributed by atoms with Crippen LogP contribution < -0.4 is 5.32 Å². The molecule has 0 saturated heterocycles. The van der Waals surface area contributed by atoms with Crippen LogP contribution in [0, 0.1) is 5.92 Å². The van der Waals surface area contributed by atoms with E-state index in [1.807, 2.05) is 46.3 Å². The van der Waals surface area contributed by atoms with Gasteiger partial charge in [-0.1, -0.05) is 49.6 Å². The van der Waals surface area contributed by atoms with Gasteiger partial charge in [0.1, 0.15) is 0 Å². The minimum Gasteiger partial charge on any atom is -0.350 e. The summed E-state index contributed by atoms with van der Waals surface area (Å²) in [4.78, 5) is 18.2. The highest BCUT2D eigenvalue weighted by atomic mass is 32.1. The predicted molar refractivity (Wildman–Crippen MR) is 97.4 cm³/mol. The molecule has 1 aliphatic carbocycles. The Morgan fingerprint density at radius 2 is 2.00 bits per heavy atom. The highest BCUT2D eigenvalue weighted by Crippen LogP contribution is 2.28. The summed E-state index contributed by atoms with van der Waals surface area (Å²) in [6.07, 6.45) is 8.34. The highest BCUT2D eigenvalue weighted by molar-refractivity contribution is 7.15. The van der Waals surface area contributed by atoms with Crippen LogP contribution >= 0.6 is 11.3 Å². The van der Waals surface area contributed by atoms with Gasteiger partial charge in [0.05, 0.1) is 5.69 Å². The van der Waals surface area contributed by atoms with Crippen LogP contribution in [0.1, 0.15) is 42.6 Å². The molecule has 1 saturated carbocycles. The molecule has 1 N–H and O–H groups in total. The second-order valence-electron chi connectivity index (χ2n) is 6.44. The Hall–Kier alpha value is -2.14. The average Bonchev–Trinajstić information content (AvgIpc) is 3.22. The smallest absolute Gasteiger partial charge is 0.272 e. The number of aromatic nitrogens is 2. The van der Waals surface area contributed by atoms with Gasteiger partial charge in [0.15, 0.2) is 10.7 Å². The Balaban J connectivity index is 1.61. The number of carbonyl (C=O) groups is 1. The number of nitrogens with one attached hydrogen (secondary N) is 1. The third-order valence-electron chi connectivity index (χ3n) is 4.80. The highest BCUT2D eigenvalue weighted by Gasteiger charge is 2.22. The molecule has 24 heavy (non-hydrogen) atoms. The van der Waals surface area contributed by atoms with Crippen LogP contribution in [0.2, 0.25) is 0 Å². The molecule has 1 aromatic carbocycles. The summed E-state index contributed by atoms with van der Waals surface area (Å²) in [6.45, 7) is 0.762. The topological polar surface area (TPSA) is 46.4 Å². The van der Waals surface area contributed by atoms with Crippen molar-refractivity contribution in [2.75, 3.05) is 6.54 Å². The van der Waals surface area contributed by atoms with Gasteiger partial charge >= 0.3 is 0 Å². The standard InChI is InChI=1S/C19H21N3OS/c23-18(20-13-14-7-3-1-4-8-14)16-17(15-9-5-2-6-10-15)22-11-12-24-19(22)21-16/h2,5-6,9-12,14H,1,3-4,7-8,13H2,(H,20,23). The minimum absolute atomic E-state index is 0.0599. The van der Waals surface area contributed by atoms with E-state index in [1.54, 1.807) is 11.3 Å². The first kappa shape index (κ1) is 15.4. The molecule has 4 nitrogen and oxygen atoms in total. The maximum absolute atomic E-state index is 12.8. The third-order valence-corrected chi connectivity index (χ3v) is 5.56. The monoisotopic (exact) mass is 339 g/mol. The Morgan fingerprint density at radius 1 is 1.21 bits per heavy atom. The van der Waals surface area contributed by atoms with E-state index >= 15 is 0 Å². The molecule has 3 aromatic rings. The SMILES string of the molecule is O=C(NCC1CCCCC1)c1nc2sccn2c1-c1ccccc1. The van der Waals surface area contributed by atoms with E-state index in [4.69, 9.17) is 0 Å². The predicted octanol–water partition coefficient (Wildman–Crippen LogP) is 4.37. The number of nitrogens with zero attached hydrogens (tertiary/aromatic N) is 2. The fourth-order valence-corrected chi connectivity index (χ4v) is 4.24. The van der Waals surface area contributed by atoms with Gasteiger partial charge in [-0.2, -0.15) is 0 Å². The molecule has 4 rings (SSSR count). The quantitative estimate of drug-likeness (QED) is 0.767. The zero-order valence-corrected chi connectivity index (χ0v) is 14.4. The molecule has 5 heteroatoms. The maximum atomic E-state index is 12.8. The second kappa shape index (κ2) is 6.77. The number of imidazole rings is 1. The number of thiazole rings is 1. The molecule has 0 radical (unpaired) electrons. The van der Waals surface area contributed by atoms with E-state index < -0.39 is 0 Å². The van der Waals surface area contributed by atoms with E-state index in [-0.39, 0.29) is 5.91 Å². The van der Waals surface area contributed by atoms with Gasteiger partial charge in [0.2, 0.25) is 0 Å². The summed E-state index contributed by atoms with van der Waals surface area (Å²) in [7, 11) is 0. The lowest BCUT2D eigenvalue weighted by Gasteiger charge is -2.21. The maximum Gasteiger partial charge on any atom is 0.272 e. The van der Waals surface area contributed by atoms with E-state index in [0.717, 1.165) is 22.8 Å². The molecule has 0 unspecified atom stereocenters. The van der Waals surface area contributed by atoms with Crippen molar-refractivity contribution in [3.8, 4) is 11.3 Å². The van der Waals surface area contributed by atoms with Crippen LogP contribution in [0.4, 0.5) is 0 Å². The molecule has 0 atom stereocenters. The van der Waals surface area contributed by atoms with Crippen LogP contribution in [-0.2, 0) is 0 Å². The van der Waals surface area contributed by atoms with Crippen LogP contribution in [0.5, 0.6) is 0 Å².